The third kappa shape index (κ3) is 296. The summed E-state index contributed by atoms with van der Waals surface area (Å²) in [6.07, 6.45) is 0. The Bertz CT molecular complexity index is 49.7. The fourth-order valence-corrected chi connectivity index (χ4v) is 0. The first-order valence-corrected chi connectivity index (χ1v) is 7.35. The van der Waals surface area contributed by atoms with Gasteiger partial charge in [-0.2, -0.15) is 0 Å². The van der Waals surface area contributed by atoms with E-state index in [2.05, 4.69) is 0 Å². The van der Waals surface area contributed by atoms with Crippen molar-refractivity contribution in [1.29, 1.82) is 0 Å². The summed E-state index contributed by atoms with van der Waals surface area (Å²) in [5.74, 6) is 0. The zero-order valence-corrected chi connectivity index (χ0v) is 14.9. The van der Waals surface area contributed by atoms with Gasteiger partial charge in [-0.1, -0.05) is 0 Å². The Balaban J connectivity index is -0.0000000257. The summed E-state index contributed by atoms with van der Waals surface area (Å²) in [4.78, 5) is 0. The van der Waals surface area contributed by atoms with Gasteiger partial charge in [0.1, 0.15) is 0 Å². The molecular formula is H3Ge3O6Y. The molecular weight excluding hydrogens is 403 g/mol. The zero-order valence-electron chi connectivity index (χ0n) is 4.76. The molecule has 0 aliphatic heterocycles. The predicted molar refractivity (Wildman–Crippen MR) is 23.5 cm³/mol. The second kappa shape index (κ2) is 46.6. The Hall–Kier alpha value is 1.53. The molecule has 0 aromatic carbocycles. The minimum atomic E-state index is -2.19. The van der Waals surface area contributed by atoms with Gasteiger partial charge in [0.25, 0.3) is 0 Å². The van der Waals surface area contributed by atoms with Crippen molar-refractivity contribution in [3.05, 3.63) is 0 Å². The van der Waals surface area contributed by atoms with Crippen molar-refractivity contribution in [3.8, 4) is 0 Å². The number of hydrogen-bond donors (Lipinski definition) is 0. The molecule has 0 bridgehead atoms. The molecule has 0 fully saturated rings. The van der Waals surface area contributed by atoms with Crippen molar-refractivity contribution in [3.63, 3.8) is 0 Å². The van der Waals surface area contributed by atoms with E-state index in [0.717, 1.165) is 0 Å². The minimum Gasteiger partial charge on any atom is 3.00 e. The van der Waals surface area contributed by atoms with Crippen LogP contribution in [0.1, 0.15) is 0 Å². The van der Waals surface area contributed by atoms with E-state index < -0.39 is 47.1 Å². The van der Waals surface area contributed by atoms with E-state index in [1.54, 1.807) is 0 Å². The fraction of sp³-hybridized carbons (Fsp3) is 0. The smallest absolute Gasteiger partial charge is 3.00 e. The van der Waals surface area contributed by atoms with Gasteiger partial charge in [-0.15, -0.1) is 0 Å². The molecule has 0 radical (unpaired) electrons. The van der Waals surface area contributed by atoms with Crippen LogP contribution in [0.15, 0.2) is 0 Å². The normalized spacial score (nSPS) is 3.60. The molecule has 0 unspecified atom stereocenters. The summed E-state index contributed by atoms with van der Waals surface area (Å²) in [6, 6.07) is 0. The van der Waals surface area contributed by atoms with E-state index in [1.807, 2.05) is 0 Å². The molecule has 6 nitrogen and oxygen atoms in total. The third-order valence-electron chi connectivity index (χ3n) is 0. The Morgan fingerprint density at radius 3 is 0.700 bits per heavy atom. The minimum absolute atomic E-state index is 0. The maximum atomic E-state index is 8.53. The van der Waals surface area contributed by atoms with E-state index in [4.69, 9.17) is 23.7 Å². The van der Waals surface area contributed by atoms with Crippen molar-refractivity contribution in [2.75, 3.05) is 0 Å². The molecule has 0 aromatic heterocycles. The SMILES string of the molecule is [O]=[GeH][O-].[O]=[GeH][O-].[O]=[GeH][O-].[Y+3]. The second-order valence-corrected chi connectivity index (χ2v) is 1.50. The van der Waals surface area contributed by atoms with Crippen LogP contribution in [0.4, 0.5) is 0 Å². The zero-order chi connectivity index (χ0) is 8.12. The Morgan fingerprint density at radius 1 is 0.700 bits per heavy atom. The summed E-state index contributed by atoms with van der Waals surface area (Å²) >= 11 is -6.56. The van der Waals surface area contributed by atoms with Crippen LogP contribution in [0, 0.1) is 0 Å². The molecule has 0 aliphatic rings. The first-order chi connectivity index (χ1) is 4.24. The summed E-state index contributed by atoms with van der Waals surface area (Å²) in [5.41, 5.74) is 0. The van der Waals surface area contributed by atoms with Gasteiger partial charge >= 0.3 is 104 Å². The standard InChI is InChI=1S/3GeHO2.Y/c3*2-1-3;/h3*1H;/q3*-1;+3. The number of hydrogen-bond acceptors (Lipinski definition) is 6. The van der Waals surface area contributed by atoms with Gasteiger partial charge < -0.3 is 0 Å². The van der Waals surface area contributed by atoms with Crippen molar-refractivity contribution in [1.82, 2.24) is 0 Å². The monoisotopic (exact) mass is 410 g/mol. The maximum Gasteiger partial charge on any atom is 3.00 e. The van der Waals surface area contributed by atoms with Crippen LogP contribution in [0.2, 0.25) is 0 Å². The van der Waals surface area contributed by atoms with Gasteiger partial charge in [0, 0.05) is 0 Å². The molecule has 0 rings (SSSR count). The Labute approximate surface area is 102 Å². The molecule has 0 spiro atoms. The van der Waals surface area contributed by atoms with Crippen LogP contribution in [-0.2, 0) is 44.0 Å². The van der Waals surface area contributed by atoms with E-state index in [1.165, 1.54) is 0 Å². The summed E-state index contributed by atoms with van der Waals surface area (Å²) in [7, 11) is 0. The van der Waals surface area contributed by atoms with E-state index in [9.17, 15) is 0 Å². The molecule has 54 valence electrons. The van der Waals surface area contributed by atoms with E-state index in [-0.39, 0.29) is 32.7 Å². The van der Waals surface area contributed by atoms with Gasteiger partial charge in [-0.05, 0) is 0 Å². The van der Waals surface area contributed by atoms with Gasteiger partial charge in [0.2, 0.25) is 0 Å². The van der Waals surface area contributed by atoms with E-state index in [0.29, 0.717) is 0 Å². The van der Waals surface area contributed by atoms with Crippen LogP contribution in [0.5, 0.6) is 0 Å². The maximum absolute atomic E-state index is 8.53. The number of rotatable bonds is 0. The first kappa shape index (κ1) is 22.5. The molecule has 0 heterocycles. The van der Waals surface area contributed by atoms with Crippen LogP contribution in [-0.4, -0.2) is 47.1 Å². The van der Waals surface area contributed by atoms with Crippen LogP contribution < -0.4 is 12.4 Å². The summed E-state index contributed by atoms with van der Waals surface area (Å²) < 4.78 is 51.2. The van der Waals surface area contributed by atoms with Crippen molar-refractivity contribution >= 4 is 47.1 Å². The third-order valence-corrected chi connectivity index (χ3v) is 0. The summed E-state index contributed by atoms with van der Waals surface area (Å²) in [5, 5.41) is 0. The molecule has 0 aromatic rings. The van der Waals surface area contributed by atoms with Gasteiger partial charge in [-0.3, -0.25) is 0 Å². The largest absolute Gasteiger partial charge is 3.00 e. The Morgan fingerprint density at radius 2 is 0.700 bits per heavy atom. The molecule has 0 atom stereocenters. The molecule has 0 N–H and O–H groups in total. The van der Waals surface area contributed by atoms with Gasteiger partial charge in [-0.25, -0.2) is 0 Å². The van der Waals surface area contributed by atoms with Crippen LogP contribution in [0.3, 0.4) is 0 Å². The molecule has 0 amide bonds. The summed E-state index contributed by atoms with van der Waals surface area (Å²) in [6.45, 7) is 0. The molecule has 10 heteroatoms. The molecule has 0 saturated carbocycles. The van der Waals surface area contributed by atoms with Crippen molar-refractivity contribution in [2.24, 2.45) is 0 Å². The quantitative estimate of drug-likeness (QED) is 0.370. The van der Waals surface area contributed by atoms with Crippen LogP contribution in [0.25, 0.3) is 0 Å². The average Bonchev–Trinajstić information content (AvgIpc) is 1.70. The second-order valence-electron chi connectivity index (χ2n) is 0.289. The predicted octanol–water partition coefficient (Wildman–Crippen LogP) is -5.87. The Kier molecular flexibility index (Phi) is 105. The molecule has 0 saturated heterocycles. The molecule has 0 aliphatic carbocycles. The van der Waals surface area contributed by atoms with Crippen molar-refractivity contribution in [2.45, 2.75) is 0 Å². The van der Waals surface area contributed by atoms with Gasteiger partial charge in [0.15, 0.2) is 0 Å². The topological polar surface area (TPSA) is 120 Å². The van der Waals surface area contributed by atoms with Crippen molar-refractivity contribution < 1.29 is 56.4 Å². The molecule has 10 heavy (non-hydrogen) atoms. The fourth-order valence-electron chi connectivity index (χ4n) is 0. The van der Waals surface area contributed by atoms with Crippen LogP contribution >= 0.6 is 0 Å². The first-order valence-electron chi connectivity index (χ1n) is 1.41. The average molecular weight is 406 g/mol. The van der Waals surface area contributed by atoms with Gasteiger partial charge in [0.05, 0.1) is 0 Å². The van der Waals surface area contributed by atoms with E-state index >= 15 is 0 Å².